The zero-order valence-electron chi connectivity index (χ0n) is 11.5. The van der Waals surface area contributed by atoms with Crippen LogP contribution in [0.15, 0.2) is 18.2 Å². The third-order valence-corrected chi connectivity index (χ3v) is 3.51. The first-order valence-corrected chi connectivity index (χ1v) is 6.72. The van der Waals surface area contributed by atoms with Crippen LogP contribution in [0.25, 0.3) is 0 Å². The fraction of sp³-hybridized carbons (Fsp3) is 0.500. The van der Waals surface area contributed by atoms with Crippen LogP contribution in [0, 0.1) is 11.6 Å². The third kappa shape index (κ3) is 3.74. The van der Waals surface area contributed by atoms with Crippen LogP contribution in [0.5, 0.6) is 0 Å². The fourth-order valence-electron chi connectivity index (χ4n) is 2.36. The number of hydrogen-bond acceptors (Lipinski definition) is 3. The highest BCUT2D eigenvalue weighted by Crippen LogP contribution is 2.18. The van der Waals surface area contributed by atoms with E-state index in [-0.39, 0.29) is 18.3 Å². The van der Waals surface area contributed by atoms with Crippen molar-refractivity contribution < 1.29 is 13.6 Å². The van der Waals surface area contributed by atoms with Crippen LogP contribution in [0.2, 0.25) is 0 Å². The van der Waals surface area contributed by atoms with Crippen molar-refractivity contribution in [3.63, 3.8) is 0 Å². The molecular formula is C14H19F2N3O. The molecule has 1 heterocycles. The standard InChI is InChI=1S/C14H19F2N3O/c1-19(10-4-3-7-17-8-10)9-13(20)18-14-11(15)5-2-6-12(14)16/h2,5-6,10,17H,3-4,7-9H2,1H3,(H,18,20). The lowest BCUT2D eigenvalue weighted by atomic mass is 10.1. The summed E-state index contributed by atoms with van der Waals surface area (Å²) >= 11 is 0. The van der Waals surface area contributed by atoms with Gasteiger partial charge < -0.3 is 10.6 Å². The van der Waals surface area contributed by atoms with Gasteiger partial charge in [0.25, 0.3) is 0 Å². The monoisotopic (exact) mass is 283 g/mol. The maximum absolute atomic E-state index is 13.4. The first-order valence-electron chi connectivity index (χ1n) is 6.72. The molecule has 1 unspecified atom stereocenters. The number of nitrogens with one attached hydrogen (secondary N) is 2. The molecule has 6 heteroatoms. The van der Waals surface area contributed by atoms with Gasteiger partial charge in [0, 0.05) is 12.6 Å². The van der Waals surface area contributed by atoms with E-state index in [0.717, 1.165) is 38.1 Å². The molecule has 20 heavy (non-hydrogen) atoms. The summed E-state index contributed by atoms with van der Waals surface area (Å²) in [6.07, 6.45) is 2.09. The number of para-hydroxylation sites is 1. The summed E-state index contributed by atoms with van der Waals surface area (Å²) in [5.74, 6) is -1.94. The van der Waals surface area contributed by atoms with E-state index in [0.29, 0.717) is 0 Å². The average molecular weight is 283 g/mol. The Morgan fingerprint density at radius 2 is 2.15 bits per heavy atom. The molecule has 4 nitrogen and oxygen atoms in total. The Hall–Kier alpha value is -1.53. The molecule has 1 amide bonds. The van der Waals surface area contributed by atoms with Crippen LogP contribution >= 0.6 is 0 Å². The van der Waals surface area contributed by atoms with Crippen molar-refractivity contribution >= 4 is 11.6 Å². The van der Waals surface area contributed by atoms with E-state index in [1.807, 2.05) is 11.9 Å². The fourth-order valence-corrected chi connectivity index (χ4v) is 2.36. The number of anilines is 1. The van der Waals surface area contributed by atoms with Gasteiger partial charge in [-0.15, -0.1) is 0 Å². The van der Waals surface area contributed by atoms with Crippen LogP contribution in [0.3, 0.4) is 0 Å². The van der Waals surface area contributed by atoms with Crippen molar-refractivity contribution in [2.24, 2.45) is 0 Å². The quantitative estimate of drug-likeness (QED) is 0.882. The Morgan fingerprint density at radius 1 is 1.45 bits per heavy atom. The van der Waals surface area contributed by atoms with Crippen molar-refractivity contribution in [1.29, 1.82) is 0 Å². The number of hydrogen-bond donors (Lipinski definition) is 2. The topological polar surface area (TPSA) is 44.4 Å². The van der Waals surface area contributed by atoms with Crippen molar-refractivity contribution in [1.82, 2.24) is 10.2 Å². The van der Waals surface area contributed by atoms with E-state index in [9.17, 15) is 13.6 Å². The number of nitrogens with zero attached hydrogens (tertiary/aromatic N) is 1. The summed E-state index contributed by atoms with van der Waals surface area (Å²) < 4.78 is 26.8. The number of rotatable bonds is 4. The van der Waals surface area contributed by atoms with Gasteiger partial charge in [-0.2, -0.15) is 0 Å². The van der Waals surface area contributed by atoms with Crippen LogP contribution < -0.4 is 10.6 Å². The molecule has 0 spiro atoms. The zero-order chi connectivity index (χ0) is 14.5. The lowest BCUT2D eigenvalue weighted by Crippen LogP contribution is -2.46. The van der Waals surface area contributed by atoms with Gasteiger partial charge in [0.1, 0.15) is 17.3 Å². The highest BCUT2D eigenvalue weighted by molar-refractivity contribution is 5.92. The molecule has 1 atom stereocenters. The summed E-state index contributed by atoms with van der Waals surface area (Å²) in [6.45, 7) is 1.94. The maximum atomic E-state index is 13.4. The second-order valence-corrected chi connectivity index (χ2v) is 5.06. The van der Waals surface area contributed by atoms with E-state index < -0.39 is 17.5 Å². The number of halogens is 2. The Labute approximate surface area is 117 Å². The van der Waals surface area contributed by atoms with Crippen molar-refractivity contribution in [2.75, 3.05) is 32.0 Å². The second kappa shape index (κ2) is 6.76. The first-order chi connectivity index (χ1) is 9.58. The minimum atomic E-state index is -0.764. The molecule has 1 aliphatic rings. The molecule has 1 aliphatic heterocycles. The molecule has 1 aromatic rings. The Kier molecular flexibility index (Phi) is 5.03. The third-order valence-electron chi connectivity index (χ3n) is 3.51. The Bertz CT molecular complexity index is 455. The van der Waals surface area contributed by atoms with Gasteiger partial charge in [-0.1, -0.05) is 6.07 Å². The number of carbonyl (C=O) groups excluding carboxylic acids is 1. The number of amides is 1. The van der Waals surface area contributed by atoms with E-state index >= 15 is 0 Å². The molecule has 2 rings (SSSR count). The smallest absolute Gasteiger partial charge is 0.238 e. The molecule has 1 fully saturated rings. The van der Waals surface area contributed by atoms with Crippen LogP contribution in [-0.2, 0) is 4.79 Å². The summed E-state index contributed by atoms with van der Waals surface area (Å²) in [7, 11) is 1.84. The molecule has 0 aliphatic carbocycles. The highest BCUT2D eigenvalue weighted by atomic mass is 19.1. The van der Waals surface area contributed by atoms with Crippen molar-refractivity contribution in [3.05, 3.63) is 29.8 Å². The average Bonchev–Trinajstić information content (AvgIpc) is 2.44. The summed E-state index contributed by atoms with van der Waals surface area (Å²) in [5, 5.41) is 5.56. The molecule has 0 aromatic heterocycles. The molecule has 1 saturated heterocycles. The molecule has 0 radical (unpaired) electrons. The van der Waals surface area contributed by atoms with Gasteiger partial charge in [-0.25, -0.2) is 8.78 Å². The summed E-state index contributed by atoms with van der Waals surface area (Å²) in [5.41, 5.74) is -0.382. The predicted molar refractivity (Wildman–Crippen MR) is 73.5 cm³/mol. The van der Waals surface area contributed by atoms with Gasteiger partial charge in [-0.05, 0) is 38.6 Å². The Morgan fingerprint density at radius 3 is 2.75 bits per heavy atom. The zero-order valence-corrected chi connectivity index (χ0v) is 11.5. The van der Waals surface area contributed by atoms with Crippen LogP contribution in [-0.4, -0.2) is 43.5 Å². The van der Waals surface area contributed by atoms with Crippen molar-refractivity contribution in [3.8, 4) is 0 Å². The van der Waals surface area contributed by atoms with Gasteiger partial charge in [-0.3, -0.25) is 9.69 Å². The van der Waals surface area contributed by atoms with Gasteiger partial charge in [0.05, 0.1) is 6.54 Å². The second-order valence-electron chi connectivity index (χ2n) is 5.06. The van der Waals surface area contributed by atoms with Gasteiger partial charge in [0.2, 0.25) is 5.91 Å². The largest absolute Gasteiger partial charge is 0.320 e. The molecule has 2 N–H and O–H groups in total. The molecule has 0 bridgehead atoms. The first kappa shape index (κ1) is 14.9. The molecule has 1 aromatic carbocycles. The molecular weight excluding hydrogens is 264 g/mol. The summed E-state index contributed by atoms with van der Waals surface area (Å²) in [4.78, 5) is 13.8. The maximum Gasteiger partial charge on any atom is 0.238 e. The minimum absolute atomic E-state index is 0.111. The number of benzene rings is 1. The number of likely N-dealkylation sites (N-methyl/N-ethyl adjacent to an activating group) is 1. The number of piperidine rings is 1. The summed E-state index contributed by atoms with van der Waals surface area (Å²) in [6, 6.07) is 3.78. The highest BCUT2D eigenvalue weighted by Gasteiger charge is 2.20. The molecule has 110 valence electrons. The van der Waals surface area contributed by atoms with Crippen LogP contribution in [0.4, 0.5) is 14.5 Å². The molecule has 0 saturated carbocycles. The van der Waals surface area contributed by atoms with E-state index in [1.54, 1.807) is 0 Å². The number of carbonyl (C=O) groups is 1. The van der Waals surface area contributed by atoms with Gasteiger partial charge in [0.15, 0.2) is 0 Å². The normalized spacial score (nSPS) is 19.1. The lowest BCUT2D eigenvalue weighted by molar-refractivity contribution is -0.117. The van der Waals surface area contributed by atoms with Gasteiger partial charge >= 0.3 is 0 Å². The van der Waals surface area contributed by atoms with Crippen LogP contribution in [0.1, 0.15) is 12.8 Å². The predicted octanol–water partition coefficient (Wildman–Crippen LogP) is 1.59. The minimum Gasteiger partial charge on any atom is -0.320 e. The lowest BCUT2D eigenvalue weighted by Gasteiger charge is -2.31. The van der Waals surface area contributed by atoms with E-state index in [4.69, 9.17) is 0 Å². The Balaban J connectivity index is 1.91. The van der Waals surface area contributed by atoms with E-state index in [1.165, 1.54) is 6.07 Å². The van der Waals surface area contributed by atoms with Crippen molar-refractivity contribution in [2.45, 2.75) is 18.9 Å². The van der Waals surface area contributed by atoms with E-state index in [2.05, 4.69) is 10.6 Å². The SMILES string of the molecule is CN(CC(=O)Nc1c(F)cccc1F)C1CCCNC1.